The van der Waals surface area contributed by atoms with Crippen LogP contribution in [0.25, 0.3) is 0 Å². The molecule has 10 heteroatoms. The van der Waals surface area contributed by atoms with Gasteiger partial charge in [-0.1, -0.05) is 12.1 Å². The van der Waals surface area contributed by atoms with Crippen LogP contribution < -0.4 is 15.8 Å². The fraction of sp³-hybridized carbons (Fsp3) is 0.333. The van der Waals surface area contributed by atoms with Crippen molar-refractivity contribution >= 4 is 35.9 Å². The smallest absolute Gasteiger partial charge is 0.345 e. The number of rotatable bonds is 9. The molecule has 2 atom stereocenters. The second kappa shape index (κ2) is 12.2. The molecule has 0 saturated carbocycles. The number of amidine groups is 1. The molecule has 1 aliphatic heterocycles. The third-order valence-corrected chi connectivity index (χ3v) is 5.54. The highest BCUT2D eigenvalue weighted by molar-refractivity contribution is 6.04. The molecule has 1 unspecified atom stereocenters. The summed E-state index contributed by atoms with van der Waals surface area (Å²) in [6, 6.07) is 11.6. The first-order valence-corrected chi connectivity index (χ1v) is 10.6. The summed E-state index contributed by atoms with van der Waals surface area (Å²) in [6.07, 6.45) is 0.243. The van der Waals surface area contributed by atoms with Crippen molar-refractivity contribution in [2.45, 2.75) is 31.9 Å². The second-order valence-corrected chi connectivity index (χ2v) is 7.90. The molecule has 0 bridgehead atoms. The third kappa shape index (κ3) is 6.79. The summed E-state index contributed by atoms with van der Waals surface area (Å²) in [6.45, 7) is 2.60. The summed E-state index contributed by atoms with van der Waals surface area (Å²) in [5, 5.41) is 19.6. The lowest BCUT2D eigenvalue weighted by molar-refractivity contribution is -0.149. The molecule has 5 N–H and O–H groups in total. The van der Waals surface area contributed by atoms with Crippen LogP contribution in [-0.2, 0) is 9.53 Å². The Balaban J connectivity index is 0.00000408. The molecular formula is C24H28ClN3O6. The molecule has 1 heterocycles. The lowest BCUT2D eigenvalue weighted by Crippen LogP contribution is -2.38. The van der Waals surface area contributed by atoms with E-state index in [4.69, 9.17) is 20.6 Å². The van der Waals surface area contributed by atoms with Crippen LogP contribution in [0.3, 0.4) is 0 Å². The molecule has 0 radical (unpaired) electrons. The van der Waals surface area contributed by atoms with Crippen molar-refractivity contribution in [1.29, 1.82) is 5.41 Å². The van der Waals surface area contributed by atoms with Crippen molar-refractivity contribution in [3.05, 3.63) is 65.2 Å². The Hall–Kier alpha value is -3.43. The highest BCUT2D eigenvalue weighted by Crippen LogP contribution is 2.24. The van der Waals surface area contributed by atoms with Gasteiger partial charge in [-0.15, -0.1) is 12.4 Å². The van der Waals surface area contributed by atoms with Gasteiger partial charge in [-0.25, -0.2) is 4.79 Å². The number of halogens is 1. The largest absolute Gasteiger partial charge is 0.478 e. The van der Waals surface area contributed by atoms with Crippen molar-refractivity contribution in [2.24, 2.45) is 11.7 Å². The van der Waals surface area contributed by atoms with E-state index < -0.39 is 24.0 Å². The van der Waals surface area contributed by atoms with Gasteiger partial charge < -0.3 is 25.6 Å². The minimum absolute atomic E-state index is 0. The van der Waals surface area contributed by atoms with Gasteiger partial charge in [0.15, 0.2) is 11.9 Å². The molecule has 1 saturated heterocycles. The van der Waals surface area contributed by atoms with E-state index in [0.29, 0.717) is 48.5 Å². The van der Waals surface area contributed by atoms with Gasteiger partial charge in [-0.3, -0.25) is 15.0 Å². The van der Waals surface area contributed by atoms with Gasteiger partial charge in [0, 0.05) is 35.8 Å². The predicted molar refractivity (Wildman–Crippen MR) is 128 cm³/mol. The van der Waals surface area contributed by atoms with E-state index in [1.807, 2.05) is 0 Å². The molecule has 3 rings (SSSR count). The minimum Gasteiger partial charge on any atom is -0.478 e. The van der Waals surface area contributed by atoms with Gasteiger partial charge in [-0.05, 0) is 56.2 Å². The molecule has 9 nitrogen and oxygen atoms in total. The van der Waals surface area contributed by atoms with Gasteiger partial charge in [0.25, 0.3) is 5.91 Å². The number of ketones is 1. The first-order chi connectivity index (χ1) is 15.8. The Morgan fingerprint density at radius 3 is 2.09 bits per heavy atom. The zero-order valence-corrected chi connectivity index (χ0v) is 19.5. The van der Waals surface area contributed by atoms with Crippen LogP contribution in [0.5, 0.6) is 5.75 Å². The van der Waals surface area contributed by atoms with Crippen LogP contribution in [0, 0.1) is 11.3 Å². The quantitative estimate of drug-likeness (QED) is 0.240. The molecule has 1 aliphatic rings. The molecule has 2 aromatic carbocycles. The maximum Gasteiger partial charge on any atom is 0.345 e. The Morgan fingerprint density at radius 2 is 1.56 bits per heavy atom. The summed E-state index contributed by atoms with van der Waals surface area (Å²) in [5.41, 5.74) is 6.61. The highest BCUT2D eigenvalue weighted by Gasteiger charge is 2.31. The van der Waals surface area contributed by atoms with Crippen molar-refractivity contribution in [3.63, 3.8) is 0 Å². The minimum atomic E-state index is -1.03. The molecule has 0 spiro atoms. The number of ether oxygens (including phenoxy) is 2. The van der Waals surface area contributed by atoms with Crippen LogP contribution in [0.1, 0.15) is 46.0 Å². The predicted octanol–water partition coefficient (Wildman–Crippen LogP) is 2.65. The van der Waals surface area contributed by atoms with Crippen LogP contribution in [0.2, 0.25) is 0 Å². The molecule has 182 valence electrons. The van der Waals surface area contributed by atoms with E-state index in [1.54, 1.807) is 43.3 Å². The first kappa shape index (κ1) is 26.8. The zero-order chi connectivity index (χ0) is 24.0. The third-order valence-electron chi connectivity index (χ3n) is 5.54. The van der Waals surface area contributed by atoms with Gasteiger partial charge in [-0.2, -0.15) is 0 Å². The number of amides is 1. The van der Waals surface area contributed by atoms with Crippen LogP contribution >= 0.6 is 12.4 Å². The van der Waals surface area contributed by atoms with Crippen molar-refractivity contribution in [2.75, 3.05) is 13.2 Å². The fourth-order valence-corrected chi connectivity index (χ4v) is 3.61. The number of benzene rings is 2. The second-order valence-electron chi connectivity index (χ2n) is 7.90. The summed E-state index contributed by atoms with van der Waals surface area (Å²) in [7, 11) is 0. The topological polar surface area (TPSA) is 152 Å². The van der Waals surface area contributed by atoms with E-state index in [9.17, 15) is 19.5 Å². The van der Waals surface area contributed by atoms with Crippen LogP contribution in [-0.4, -0.2) is 54.0 Å². The van der Waals surface area contributed by atoms with Gasteiger partial charge in [0.2, 0.25) is 0 Å². The number of nitrogens with one attached hydrogen (secondary N) is 2. The molecule has 34 heavy (non-hydrogen) atoms. The first-order valence-electron chi connectivity index (χ1n) is 10.6. The number of hydrogen-bond donors (Lipinski definition) is 4. The monoisotopic (exact) mass is 489 g/mol. The summed E-state index contributed by atoms with van der Waals surface area (Å²) in [4.78, 5) is 36.8. The van der Waals surface area contributed by atoms with E-state index in [0.717, 1.165) is 0 Å². The molecule has 2 aromatic rings. The molecule has 0 aliphatic carbocycles. The number of nitrogens with two attached hydrogens (primary N) is 1. The van der Waals surface area contributed by atoms with Gasteiger partial charge in [0.05, 0.1) is 6.04 Å². The maximum atomic E-state index is 12.7. The molecule has 1 fully saturated rings. The van der Waals surface area contributed by atoms with Crippen molar-refractivity contribution in [3.8, 4) is 5.75 Å². The van der Waals surface area contributed by atoms with Gasteiger partial charge in [0.1, 0.15) is 11.6 Å². The fourth-order valence-electron chi connectivity index (χ4n) is 3.61. The number of carbonyl (C=O) groups excluding carboxylic acids is 2. The van der Waals surface area contributed by atoms with E-state index >= 15 is 0 Å². The number of carboxylic acids is 1. The molecular weight excluding hydrogens is 462 g/mol. The van der Waals surface area contributed by atoms with Crippen molar-refractivity contribution < 1.29 is 29.0 Å². The number of carboxylic acid groups (broad SMARTS) is 1. The Morgan fingerprint density at radius 1 is 1.03 bits per heavy atom. The number of carbonyl (C=O) groups is 3. The summed E-state index contributed by atoms with van der Waals surface area (Å²) >= 11 is 0. The number of Topliss-reactive ketones (excluding diaryl/α,β-unsaturated/α-hetero) is 1. The lowest BCUT2D eigenvalue weighted by atomic mass is 9.94. The average Bonchev–Trinajstić information content (AvgIpc) is 2.82. The number of aliphatic carboxylic acids is 1. The Labute approximate surface area is 203 Å². The van der Waals surface area contributed by atoms with Crippen molar-refractivity contribution in [1.82, 2.24) is 5.32 Å². The average molecular weight is 490 g/mol. The highest BCUT2D eigenvalue weighted by atomic mass is 35.5. The van der Waals surface area contributed by atoms with E-state index in [-0.39, 0.29) is 29.9 Å². The SMILES string of the molecule is CC(NC(=O)c1ccc(C(=N)N)cc1)C(=O)c1ccc(O[C@H](C(=O)O)C2CCOCC2)cc1.Cl. The lowest BCUT2D eigenvalue weighted by Gasteiger charge is -2.28. The standard InChI is InChI=1S/C24H27N3O6.ClH/c1-14(27-23(29)18-4-2-17(3-5-18)22(25)26)20(28)15-6-8-19(9-7-15)33-21(24(30)31)16-10-12-32-13-11-16;/h2-9,14,16,21H,10-13H2,1H3,(H3,25,26)(H,27,29)(H,30,31);1H/t14?,21-;/m0./s1. The van der Waals surface area contributed by atoms with Crippen LogP contribution in [0.4, 0.5) is 0 Å². The Kier molecular flexibility index (Phi) is 9.58. The summed E-state index contributed by atoms with van der Waals surface area (Å²) < 4.78 is 11.0. The molecule has 1 amide bonds. The number of nitrogen functional groups attached to an aromatic ring is 1. The van der Waals surface area contributed by atoms with Gasteiger partial charge >= 0.3 is 5.97 Å². The maximum absolute atomic E-state index is 12.7. The summed E-state index contributed by atoms with van der Waals surface area (Å²) in [5.74, 6) is -1.64. The Bertz CT molecular complexity index is 1020. The zero-order valence-electron chi connectivity index (χ0n) is 18.7. The van der Waals surface area contributed by atoms with E-state index in [2.05, 4.69) is 5.32 Å². The normalized spacial score (nSPS) is 15.3. The molecule has 0 aromatic heterocycles. The number of hydrogen-bond acceptors (Lipinski definition) is 6. The van der Waals surface area contributed by atoms with Crippen LogP contribution in [0.15, 0.2) is 48.5 Å². The van der Waals surface area contributed by atoms with E-state index in [1.165, 1.54) is 12.1 Å².